The maximum atomic E-state index is 11.7. The van der Waals surface area contributed by atoms with E-state index in [2.05, 4.69) is 0 Å². The largest absolute Gasteiger partial charge is 0.507 e. The van der Waals surface area contributed by atoms with Gasteiger partial charge in [0.1, 0.15) is 11.3 Å². The van der Waals surface area contributed by atoms with Gasteiger partial charge in [0.25, 0.3) is 0 Å². The number of esters is 1. The summed E-state index contributed by atoms with van der Waals surface area (Å²) in [5.41, 5.74) is 0.897. The highest BCUT2D eigenvalue weighted by atomic mass is 32.1. The van der Waals surface area contributed by atoms with Crippen molar-refractivity contribution in [2.45, 2.75) is 6.92 Å². The predicted molar refractivity (Wildman–Crippen MR) is 71.8 cm³/mol. The number of carbonyl (C=O) groups is 2. The molecule has 2 rings (SSSR count). The highest BCUT2D eigenvalue weighted by Gasteiger charge is 2.15. The van der Waals surface area contributed by atoms with E-state index in [0.717, 1.165) is 5.56 Å². The molecule has 1 N–H and O–H groups in total. The van der Waals surface area contributed by atoms with Gasteiger partial charge in [-0.2, -0.15) is 0 Å². The topological polar surface area (TPSA) is 63.6 Å². The van der Waals surface area contributed by atoms with Crippen LogP contribution in [0.5, 0.6) is 5.75 Å². The second-order valence-corrected chi connectivity index (χ2v) is 4.94. The molecule has 0 aliphatic heterocycles. The molecule has 0 amide bonds. The molecular formula is C14H12O4S. The van der Waals surface area contributed by atoms with E-state index in [0.29, 0.717) is 4.88 Å². The molecule has 0 unspecified atom stereocenters. The average molecular weight is 276 g/mol. The lowest BCUT2D eigenvalue weighted by atomic mass is 10.1. The standard InChI is InChI=1S/C14H12O4S/c1-9-4-5-10(11(15)7-9)14(17)18-8-12(16)13-3-2-6-19-13/h2-7,15H,8H2,1H3. The van der Waals surface area contributed by atoms with Crippen molar-refractivity contribution >= 4 is 23.1 Å². The molecule has 1 heterocycles. The van der Waals surface area contributed by atoms with Gasteiger partial charge < -0.3 is 9.84 Å². The lowest BCUT2D eigenvalue weighted by Gasteiger charge is -2.05. The van der Waals surface area contributed by atoms with E-state index in [1.165, 1.54) is 23.5 Å². The van der Waals surface area contributed by atoms with E-state index in [1.807, 2.05) is 0 Å². The van der Waals surface area contributed by atoms with Crippen LogP contribution in [0.3, 0.4) is 0 Å². The Balaban J connectivity index is 2.00. The first-order valence-corrected chi connectivity index (χ1v) is 6.49. The van der Waals surface area contributed by atoms with Crippen molar-refractivity contribution in [2.24, 2.45) is 0 Å². The number of hydrogen-bond donors (Lipinski definition) is 1. The summed E-state index contributed by atoms with van der Waals surface area (Å²) in [5, 5.41) is 11.4. The summed E-state index contributed by atoms with van der Waals surface area (Å²) in [6.07, 6.45) is 0. The van der Waals surface area contributed by atoms with Crippen LogP contribution >= 0.6 is 11.3 Å². The molecule has 0 aliphatic carbocycles. The number of aryl methyl sites for hydroxylation is 1. The van der Waals surface area contributed by atoms with Crippen LogP contribution in [-0.4, -0.2) is 23.5 Å². The highest BCUT2D eigenvalue weighted by molar-refractivity contribution is 7.12. The summed E-state index contributed by atoms with van der Waals surface area (Å²) < 4.78 is 4.89. The minimum atomic E-state index is -0.706. The maximum Gasteiger partial charge on any atom is 0.342 e. The summed E-state index contributed by atoms with van der Waals surface area (Å²) in [5.74, 6) is -1.11. The van der Waals surface area contributed by atoms with Crippen LogP contribution in [-0.2, 0) is 4.74 Å². The molecule has 0 atom stereocenters. The van der Waals surface area contributed by atoms with Gasteiger partial charge >= 0.3 is 5.97 Å². The maximum absolute atomic E-state index is 11.7. The number of carbonyl (C=O) groups excluding carboxylic acids is 2. The van der Waals surface area contributed by atoms with Gasteiger partial charge in [-0.25, -0.2) is 4.79 Å². The van der Waals surface area contributed by atoms with Gasteiger partial charge in [0.05, 0.1) is 4.88 Å². The van der Waals surface area contributed by atoms with Gasteiger partial charge in [-0.1, -0.05) is 12.1 Å². The van der Waals surface area contributed by atoms with Crippen molar-refractivity contribution in [1.82, 2.24) is 0 Å². The van der Waals surface area contributed by atoms with E-state index in [-0.39, 0.29) is 23.7 Å². The summed E-state index contributed by atoms with van der Waals surface area (Å²) in [7, 11) is 0. The van der Waals surface area contributed by atoms with Crippen molar-refractivity contribution < 1.29 is 19.4 Å². The van der Waals surface area contributed by atoms with E-state index in [4.69, 9.17) is 4.74 Å². The number of phenolic OH excluding ortho intramolecular Hbond substituents is 1. The van der Waals surface area contributed by atoms with Crippen molar-refractivity contribution in [1.29, 1.82) is 0 Å². The van der Waals surface area contributed by atoms with Gasteiger partial charge in [-0.3, -0.25) is 4.79 Å². The monoisotopic (exact) mass is 276 g/mol. The summed E-state index contributed by atoms with van der Waals surface area (Å²) in [6.45, 7) is 1.47. The minimum Gasteiger partial charge on any atom is -0.507 e. The zero-order valence-corrected chi connectivity index (χ0v) is 11.1. The molecular weight excluding hydrogens is 264 g/mol. The Morgan fingerprint density at radius 3 is 2.74 bits per heavy atom. The van der Waals surface area contributed by atoms with Crippen molar-refractivity contribution in [3.8, 4) is 5.75 Å². The molecule has 0 aliphatic rings. The lowest BCUT2D eigenvalue weighted by molar-refractivity contribution is 0.0473. The third-order valence-corrected chi connectivity index (χ3v) is 3.41. The van der Waals surface area contributed by atoms with Crippen LogP contribution in [0.4, 0.5) is 0 Å². The van der Waals surface area contributed by atoms with Crippen LogP contribution in [0, 0.1) is 6.92 Å². The molecule has 0 saturated carbocycles. The third-order valence-electron chi connectivity index (χ3n) is 2.50. The van der Waals surface area contributed by atoms with Crippen molar-refractivity contribution in [3.05, 3.63) is 51.7 Å². The molecule has 0 bridgehead atoms. The zero-order chi connectivity index (χ0) is 13.8. The fourth-order valence-electron chi connectivity index (χ4n) is 1.53. The first-order chi connectivity index (χ1) is 9.08. The van der Waals surface area contributed by atoms with Crippen LogP contribution < -0.4 is 0 Å². The third kappa shape index (κ3) is 3.20. The summed E-state index contributed by atoms with van der Waals surface area (Å²) in [6, 6.07) is 8.06. The molecule has 0 fully saturated rings. The Morgan fingerprint density at radius 1 is 1.32 bits per heavy atom. The SMILES string of the molecule is Cc1ccc(C(=O)OCC(=O)c2cccs2)c(O)c1. The molecule has 4 nitrogen and oxygen atoms in total. The van der Waals surface area contributed by atoms with Crippen LogP contribution in [0.2, 0.25) is 0 Å². The number of Topliss-reactive ketones (excluding diaryl/α,β-unsaturated/α-hetero) is 1. The van der Waals surface area contributed by atoms with Gasteiger partial charge in [0.2, 0.25) is 5.78 Å². The van der Waals surface area contributed by atoms with Crippen LogP contribution in [0.25, 0.3) is 0 Å². The van der Waals surface area contributed by atoms with E-state index >= 15 is 0 Å². The fraction of sp³-hybridized carbons (Fsp3) is 0.143. The number of ether oxygens (including phenoxy) is 1. The molecule has 0 spiro atoms. The number of aromatic hydroxyl groups is 1. The normalized spacial score (nSPS) is 10.2. The quantitative estimate of drug-likeness (QED) is 0.689. The Morgan fingerprint density at radius 2 is 2.11 bits per heavy atom. The predicted octanol–water partition coefficient (Wildman–Crippen LogP) is 2.80. The number of phenols is 1. The Kier molecular flexibility index (Phi) is 3.97. The summed E-state index contributed by atoms with van der Waals surface area (Å²) in [4.78, 5) is 23.9. The molecule has 5 heteroatoms. The fourth-order valence-corrected chi connectivity index (χ4v) is 2.18. The van der Waals surface area contributed by atoms with Gasteiger partial charge in [-0.05, 0) is 36.1 Å². The zero-order valence-electron chi connectivity index (χ0n) is 10.3. The molecule has 19 heavy (non-hydrogen) atoms. The van der Waals surface area contributed by atoms with Gasteiger partial charge in [0, 0.05) is 0 Å². The number of thiophene rings is 1. The first-order valence-electron chi connectivity index (χ1n) is 5.61. The van der Waals surface area contributed by atoms with E-state index in [1.54, 1.807) is 30.5 Å². The molecule has 0 saturated heterocycles. The highest BCUT2D eigenvalue weighted by Crippen LogP contribution is 2.19. The Hall–Kier alpha value is -2.14. The van der Waals surface area contributed by atoms with Crippen LogP contribution in [0.15, 0.2) is 35.7 Å². The van der Waals surface area contributed by atoms with Crippen LogP contribution in [0.1, 0.15) is 25.6 Å². The molecule has 2 aromatic rings. The smallest absolute Gasteiger partial charge is 0.342 e. The summed E-state index contributed by atoms with van der Waals surface area (Å²) >= 11 is 1.29. The Bertz CT molecular complexity index is 602. The number of benzene rings is 1. The van der Waals surface area contributed by atoms with Gasteiger partial charge in [-0.15, -0.1) is 11.3 Å². The van der Waals surface area contributed by atoms with E-state index in [9.17, 15) is 14.7 Å². The van der Waals surface area contributed by atoms with Crippen molar-refractivity contribution in [2.75, 3.05) is 6.61 Å². The number of ketones is 1. The molecule has 1 aromatic heterocycles. The average Bonchev–Trinajstić information content (AvgIpc) is 2.89. The molecule has 98 valence electrons. The second kappa shape index (κ2) is 5.67. The number of hydrogen-bond acceptors (Lipinski definition) is 5. The first kappa shape index (κ1) is 13.3. The Labute approximate surface area is 114 Å². The minimum absolute atomic E-state index is 0.0598. The van der Waals surface area contributed by atoms with Gasteiger partial charge in [0.15, 0.2) is 6.61 Å². The second-order valence-electron chi connectivity index (χ2n) is 4.00. The molecule has 0 radical (unpaired) electrons. The molecule has 1 aromatic carbocycles. The number of rotatable bonds is 4. The van der Waals surface area contributed by atoms with E-state index < -0.39 is 5.97 Å². The lowest BCUT2D eigenvalue weighted by Crippen LogP contribution is -2.13. The van der Waals surface area contributed by atoms with Crippen molar-refractivity contribution in [3.63, 3.8) is 0 Å².